The van der Waals surface area contributed by atoms with Gasteiger partial charge < -0.3 is 0 Å². The maximum Gasteiger partial charge on any atom is 0.271 e. The summed E-state index contributed by atoms with van der Waals surface area (Å²) in [7, 11) is -3.75. The van der Waals surface area contributed by atoms with Crippen LogP contribution in [0.4, 0.5) is 0 Å². The number of thiophene rings is 1. The Kier molecular flexibility index (Phi) is 5.68. The molecule has 0 radical (unpaired) electrons. The Hall–Kier alpha value is -1.15. The summed E-state index contributed by atoms with van der Waals surface area (Å²) in [5.41, 5.74) is 1.26. The monoisotopic (exact) mass is 459 g/mol. The third-order valence-corrected chi connectivity index (χ3v) is 7.58. The number of nitrogens with one attached hydrogen (secondary N) is 1. The van der Waals surface area contributed by atoms with E-state index in [9.17, 15) is 13.2 Å². The van der Waals surface area contributed by atoms with Crippen molar-refractivity contribution < 1.29 is 13.2 Å². The second kappa shape index (κ2) is 7.61. The molecule has 0 bridgehead atoms. The average molecular weight is 461 g/mol. The van der Waals surface area contributed by atoms with Gasteiger partial charge in [0, 0.05) is 11.1 Å². The first-order chi connectivity index (χ1) is 11.9. The van der Waals surface area contributed by atoms with Crippen LogP contribution in [0.25, 0.3) is 0 Å². The molecular weight excluding hydrogens is 446 g/mol. The quantitative estimate of drug-likeness (QED) is 0.660. The number of rotatable bonds is 5. The van der Waals surface area contributed by atoms with Crippen molar-refractivity contribution in [2.45, 2.75) is 28.8 Å². The normalized spacial score (nSPS) is 20.6. The van der Waals surface area contributed by atoms with Crippen molar-refractivity contribution in [1.29, 1.82) is 0 Å². The number of Topliss-reactive ketones (excluding diaryl/α,β-unsaturated/α-hetero) is 1. The van der Waals surface area contributed by atoms with E-state index < -0.39 is 10.0 Å². The van der Waals surface area contributed by atoms with E-state index in [1.807, 2.05) is 12.2 Å². The third-order valence-electron chi connectivity index (χ3n) is 3.79. The number of alkyl halides is 1. The van der Waals surface area contributed by atoms with Crippen LogP contribution in [0.15, 0.2) is 67.4 Å². The molecule has 4 nitrogen and oxygen atoms in total. The van der Waals surface area contributed by atoms with Crippen LogP contribution in [0.1, 0.15) is 19.3 Å². The van der Waals surface area contributed by atoms with E-state index in [2.05, 4.69) is 20.7 Å². The fourth-order valence-corrected chi connectivity index (χ4v) is 5.90. The van der Waals surface area contributed by atoms with E-state index in [1.54, 1.807) is 24.3 Å². The zero-order chi connectivity index (χ0) is 18.0. The molecule has 25 heavy (non-hydrogen) atoms. The minimum atomic E-state index is -3.75. The van der Waals surface area contributed by atoms with Gasteiger partial charge in [-0.15, -0.1) is 22.9 Å². The molecule has 0 spiro atoms. The molecule has 0 saturated carbocycles. The van der Waals surface area contributed by atoms with Crippen LogP contribution in [0.2, 0.25) is 0 Å². The Morgan fingerprint density at radius 2 is 2.16 bits per heavy atom. The van der Waals surface area contributed by atoms with Crippen molar-refractivity contribution in [3.05, 3.63) is 63.1 Å². The first-order valence-corrected chi connectivity index (χ1v) is 11.1. The van der Waals surface area contributed by atoms with Gasteiger partial charge in [-0.1, -0.05) is 30.4 Å². The molecule has 8 heteroatoms. The highest BCUT2D eigenvalue weighted by atomic mass is 79.9. The number of ketones is 1. The van der Waals surface area contributed by atoms with E-state index in [4.69, 9.17) is 11.6 Å². The summed E-state index contributed by atoms with van der Waals surface area (Å²) in [6.07, 6.45) is 10.8. The van der Waals surface area contributed by atoms with Crippen LogP contribution in [0, 0.1) is 0 Å². The number of carbonyl (C=O) groups excluding carboxylic acids is 1. The number of sulfonamides is 1. The van der Waals surface area contributed by atoms with Gasteiger partial charge in [0.25, 0.3) is 10.0 Å². The van der Waals surface area contributed by atoms with Gasteiger partial charge in [-0.3, -0.25) is 9.52 Å². The lowest BCUT2D eigenvalue weighted by molar-refractivity contribution is -0.112. The second-order valence-corrected chi connectivity index (χ2v) is 10.5. The molecule has 132 valence electrons. The number of carbonyl (C=O) groups is 1. The molecule has 0 aromatic carbocycles. The molecule has 1 unspecified atom stereocenters. The van der Waals surface area contributed by atoms with Gasteiger partial charge in [-0.25, -0.2) is 8.42 Å². The largest absolute Gasteiger partial charge is 0.289 e. The molecule has 0 saturated heterocycles. The maximum atomic E-state index is 12.8. The fourth-order valence-electron chi connectivity index (χ4n) is 2.58. The van der Waals surface area contributed by atoms with E-state index in [0.29, 0.717) is 29.7 Å². The zero-order valence-corrected chi connectivity index (χ0v) is 17.0. The number of hydrogen-bond acceptors (Lipinski definition) is 4. The van der Waals surface area contributed by atoms with E-state index in [0.717, 1.165) is 21.5 Å². The van der Waals surface area contributed by atoms with Crippen molar-refractivity contribution in [1.82, 2.24) is 4.72 Å². The molecule has 1 aromatic heterocycles. The fraction of sp³-hybridized carbons (Fsp3) is 0.235. The molecule has 1 N–H and O–H groups in total. The number of hydrogen-bond donors (Lipinski definition) is 1. The van der Waals surface area contributed by atoms with Crippen molar-refractivity contribution in [2.24, 2.45) is 0 Å². The smallest absolute Gasteiger partial charge is 0.271 e. The van der Waals surface area contributed by atoms with Gasteiger partial charge in [0.15, 0.2) is 5.78 Å². The molecule has 2 aliphatic carbocycles. The SMILES string of the molecule is O=C(C1=CC=CCC1)C1=CC(Cl)CC=C1NS(=O)(=O)c1ccc(Br)s1. The number of allylic oxidation sites excluding steroid dienone is 7. The second-order valence-electron chi connectivity index (χ2n) is 5.60. The van der Waals surface area contributed by atoms with Crippen LogP contribution in [-0.2, 0) is 14.8 Å². The maximum absolute atomic E-state index is 12.8. The lowest BCUT2D eigenvalue weighted by Gasteiger charge is -2.20. The Bertz CT molecular complexity index is 925. The minimum absolute atomic E-state index is 0.180. The molecule has 2 aliphatic rings. The van der Waals surface area contributed by atoms with E-state index in [1.165, 1.54) is 6.07 Å². The van der Waals surface area contributed by atoms with Gasteiger partial charge in [-0.05, 0) is 47.3 Å². The highest BCUT2D eigenvalue weighted by molar-refractivity contribution is 9.11. The summed E-state index contributed by atoms with van der Waals surface area (Å²) in [5, 5.41) is -0.331. The Morgan fingerprint density at radius 1 is 1.36 bits per heavy atom. The Balaban J connectivity index is 1.89. The highest BCUT2D eigenvalue weighted by Gasteiger charge is 2.27. The van der Waals surface area contributed by atoms with Crippen molar-refractivity contribution in [3.63, 3.8) is 0 Å². The van der Waals surface area contributed by atoms with Crippen LogP contribution < -0.4 is 4.72 Å². The molecule has 0 amide bonds. The zero-order valence-electron chi connectivity index (χ0n) is 13.0. The van der Waals surface area contributed by atoms with Gasteiger partial charge in [0.05, 0.1) is 14.9 Å². The highest BCUT2D eigenvalue weighted by Crippen LogP contribution is 2.30. The minimum Gasteiger partial charge on any atom is -0.289 e. The van der Waals surface area contributed by atoms with Gasteiger partial charge in [-0.2, -0.15) is 0 Å². The van der Waals surface area contributed by atoms with Gasteiger partial charge in [0.1, 0.15) is 4.21 Å². The van der Waals surface area contributed by atoms with Crippen LogP contribution >= 0.6 is 38.9 Å². The van der Waals surface area contributed by atoms with Gasteiger partial charge in [0.2, 0.25) is 0 Å². The third kappa shape index (κ3) is 4.34. The molecule has 3 rings (SSSR count). The summed E-state index contributed by atoms with van der Waals surface area (Å²) in [6, 6.07) is 3.19. The lowest BCUT2D eigenvalue weighted by Crippen LogP contribution is -2.28. The molecule has 1 heterocycles. The molecule has 1 aromatic rings. The van der Waals surface area contributed by atoms with Gasteiger partial charge >= 0.3 is 0 Å². The Labute approximate surface area is 164 Å². The molecule has 1 atom stereocenters. The van der Waals surface area contributed by atoms with Crippen molar-refractivity contribution in [3.8, 4) is 0 Å². The number of halogens is 2. The summed E-state index contributed by atoms with van der Waals surface area (Å²) in [5.74, 6) is -0.184. The molecule has 0 fully saturated rings. The predicted octanol–water partition coefficient (Wildman–Crippen LogP) is 4.46. The van der Waals surface area contributed by atoms with Crippen molar-refractivity contribution >= 4 is 54.7 Å². The standard InChI is InChI=1S/C17H15BrClNO3S2/c18-15-8-9-16(24-15)25(22,23)20-14-7-6-12(19)10-13(14)17(21)11-4-2-1-3-5-11/h1-2,4,7-10,12,20H,3,5-6H2. The van der Waals surface area contributed by atoms with E-state index >= 15 is 0 Å². The Morgan fingerprint density at radius 3 is 2.80 bits per heavy atom. The summed E-state index contributed by atoms with van der Waals surface area (Å²) < 4.78 is 28.6. The molecule has 0 aliphatic heterocycles. The summed E-state index contributed by atoms with van der Waals surface area (Å²) in [4.78, 5) is 12.8. The van der Waals surface area contributed by atoms with Crippen LogP contribution in [-0.4, -0.2) is 19.6 Å². The average Bonchev–Trinajstić information content (AvgIpc) is 3.04. The van der Waals surface area contributed by atoms with Crippen molar-refractivity contribution in [2.75, 3.05) is 0 Å². The first-order valence-electron chi connectivity index (χ1n) is 7.62. The van der Waals surface area contributed by atoms with Crippen LogP contribution in [0.5, 0.6) is 0 Å². The first kappa shape index (κ1) is 18.6. The molecular formula is C17H15BrClNO3S2. The predicted molar refractivity (Wildman–Crippen MR) is 104 cm³/mol. The van der Waals surface area contributed by atoms with Crippen LogP contribution in [0.3, 0.4) is 0 Å². The summed E-state index contributed by atoms with van der Waals surface area (Å²) in [6.45, 7) is 0. The summed E-state index contributed by atoms with van der Waals surface area (Å²) >= 11 is 10.5. The topological polar surface area (TPSA) is 63.2 Å². The lowest BCUT2D eigenvalue weighted by atomic mass is 9.91. The van der Waals surface area contributed by atoms with E-state index in [-0.39, 0.29) is 15.4 Å².